The molecule has 0 aromatic carbocycles. The fraction of sp³-hybridized carbons (Fsp3) is 0.400. The largest absolute Gasteiger partial charge is 0.491 e. The second-order valence-electron chi connectivity index (χ2n) is 3.49. The number of nitrogens with one attached hydrogen (secondary N) is 1. The lowest BCUT2D eigenvalue weighted by molar-refractivity contribution is 0.269. The van der Waals surface area contributed by atoms with Gasteiger partial charge in [0.1, 0.15) is 11.6 Å². The Labute approximate surface area is 83.6 Å². The van der Waals surface area contributed by atoms with Crippen molar-refractivity contribution >= 4 is 5.84 Å². The van der Waals surface area contributed by atoms with Crippen molar-refractivity contribution in [2.45, 2.75) is 13.8 Å². The molecule has 14 heavy (non-hydrogen) atoms. The Hall–Kier alpha value is -1.58. The second kappa shape index (κ2) is 4.60. The van der Waals surface area contributed by atoms with Crippen molar-refractivity contribution in [3.05, 3.63) is 24.0 Å². The van der Waals surface area contributed by atoms with Crippen molar-refractivity contribution in [3.63, 3.8) is 0 Å². The summed E-state index contributed by atoms with van der Waals surface area (Å²) in [5.74, 6) is 1.02. The standard InChI is InChI=1S/C10H15N3O/c1-7(2)6-14-9-5-13-4-3-8(9)10(11)12/h3-5,7H,6H2,1-2H3,(H3,11,12). The highest BCUT2D eigenvalue weighted by Crippen LogP contribution is 2.16. The number of amidine groups is 1. The summed E-state index contributed by atoms with van der Waals surface area (Å²) in [5.41, 5.74) is 5.99. The monoisotopic (exact) mass is 193 g/mol. The van der Waals surface area contributed by atoms with E-state index in [1.165, 1.54) is 0 Å². The summed E-state index contributed by atoms with van der Waals surface area (Å²) in [6, 6.07) is 1.68. The molecule has 1 aromatic rings. The summed E-state index contributed by atoms with van der Waals surface area (Å²) in [7, 11) is 0. The Bertz CT molecular complexity index is 323. The van der Waals surface area contributed by atoms with Crippen LogP contribution in [0.4, 0.5) is 0 Å². The molecule has 1 aromatic heterocycles. The van der Waals surface area contributed by atoms with Gasteiger partial charge in [0.05, 0.1) is 18.4 Å². The van der Waals surface area contributed by atoms with Crippen LogP contribution in [0.25, 0.3) is 0 Å². The van der Waals surface area contributed by atoms with Crippen LogP contribution in [0, 0.1) is 11.3 Å². The van der Waals surface area contributed by atoms with Crippen molar-refractivity contribution < 1.29 is 4.74 Å². The fourth-order valence-electron chi connectivity index (χ4n) is 0.974. The number of nitrogen functional groups attached to an aromatic ring is 1. The van der Waals surface area contributed by atoms with Gasteiger partial charge in [-0.15, -0.1) is 0 Å². The second-order valence-corrected chi connectivity index (χ2v) is 3.49. The molecule has 1 heterocycles. The van der Waals surface area contributed by atoms with Gasteiger partial charge in [-0.1, -0.05) is 13.8 Å². The Morgan fingerprint density at radius 1 is 1.64 bits per heavy atom. The lowest BCUT2D eigenvalue weighted by Gasteiger charge is -2.11. The third-order valence-corrected chi connectivity index (χ3v) is 1.65. The third-order valence-electron chi connectivity index (χ3n) is 1.65. The van der Waals surface area contributed by atoms with Gasteiger partial charge < -0.3 is 10.5 Å². The SMILES string of the molecule is CC(C)COc1cnccc1C(=N)N. The molecule has 0 aliphatic rings. The average Bonchev–Trinajstić information content (AvgIpc) is 2.15. The molecule has 0 bridgehead atoms. The van der Waals surface area contributed by atoms with E-state index in [1.54, 1.807) is 18.5 Å². The van der Waals surface area contributed by atoms with Crippen LogP contribution < -0.4 is 10.5 Å². The van der Waals surface area contributed by atoms with E-state index in [-0.39, 0.29) is 5.84 Å². The van der Waals surface area contributed by atoms with Crippen LogP contribution in [-0.2, 0) is 0 Å². The maximum atomic E-state index is 7.33. The minimum Gasteiger partial charge on any atom is -0.491 e. The lowest BCUT2D eigenvalue weighted by atomic mass is 10.2. The first-order valence-corrected chi connectivity index (χ1v) is 4.52. The van der Waals surface area contributed by atoms with E-state index in [2.05, 4.69) is 18.8 Å². The van der Waals surface area contributed by atoms with Gasteiger partial charge in [-0.05, 0) is 12.0 Å². The Morgan fingerprint density at radius 3 is 2.93 bits per heavy atom. The number of hydrogen-bond acceptors (Lipinski definition) is 3. The summed E-state index contributed by atoms with van der Waals surface area (Å²) in [6.45, 7) is 4.72. The first-order valence-electron chi connectivity index (χ1n) is 4.52. The molecular weight excluding hydrogens is 178 g/mol. The van der Waals surface area contributed by atoms with Gasteiger partial charge in [-0.3, -0.25) is 10.4 Å². The number of hydrogen-bond donors (Lipinski definition) is 2. The number of nitrogens with two attached hydrogens (primary N) is 1. The third kappa shape index (κ3) is 2.73. The predicted molar refractivity (Wildman–Crippen MR) is 55.6 cm³/mol. The van der Waals surface area contributed by atoms with E-state index < -0.39 is 0 Å². The van der Waals surface area contributed by atoms with Crippen LogP contribution in [0.1, 0.15) is 19.4 Å². The average molecular weight is 193 g/mol. The smallest absolute Gasteiger partial charge is 0.148 e. The van der Waals surface area contributed by atoms with Gasteiger partial charge in [-0.2, -0.15) is 0 Å². The van der Waals surface area contributed by atoms with Crippen LogP contribution in [-0.4, -0.2) is 17.4 Å². The summed E-state index contributed by atoms with van der Waals surface area (Å²) in [4.78, 5) is 3.93. The van der Waals surface area contributed by atoms with Crippen molar-refractivity contribution in [2.24, 2.45) is 11.7 Å². The topological polar surface area (TPSA) is 72.0 Å². The number of nitrogens with zero attached hydrogens (tertiary/aromatic N) is 1. The molecule has 0 aliphatic heterocycles. The lowest BCUT2D eigenvalue weighted by Crippen LogP contribution is -2.14. The summed E-state index contributed by atoms with van der Waals surface area (Å²) in [6.07, 6.45) is 3.18. The molecule has 0 aliphatic carbocycles. The van der Waals surface area contributed by atoms with E-state index in [9.17, 15) is 0 Å². The van der Waals surface area contributed by atoms with Gasteiger partial charge >= 0.3 is 0 Å². The van der Waals surface area contributed by atoms with E-state index in [0.717, 1.165) is 0 Å². The molecule has 0 saturated carbocycles. The minimum atomic E-state index is 0.00570. The molecule has 0 fully saturated rings. The first kappa shape index (κ1) is 10.5. The summed E-state index contributed by atoms with van der Waals surface area (Å²) in [5, 5.41) is 7.33. The van der Waals surface area contributed by atoms with Crippen molar-refractivity contribution in [1.29, 1.82) is 5.41 Å². The molecule has 76 valence electrons. The molecule has 0 saturated heterocycles. The molecule has 0 unspecified atom stereocenters. The van der Waals surface area contributed by atoms with E-state index in [4.69, 9.17) is 15.9 Å². The Morgan fingerprint density at radius 2 is 2.36 bits per heavy atom. The Balaban J connectivity index is 2.79. The van der Waals surface area contributed by atoms with Gasteiger partial charge in [0.15, 0.2) is 0 Å². The molecule has 0 atom stereocenters. The highest BCUT2D eigenvalue weighted by atomic mass is 16.5. The Kier molecular flexibility index (Phi) is 3.45. The van der Waals surface area contributed by atoms with Crippen LogP contribution in [0.5, 0.6) is 5.75 Å². The quantitative estimate of drug-likeness (QED) is 0.560. The van der Waals surface area contributed by atoms with Crippen molar-refractivity contribution in [2.75, 3.05) is 6.61 Å². The highest BCUT2D eigenvalue weighted by Gasteiger charge is 2.06. The van der Waals surface area contributed by atoms with Gasteiger partial charge in [0, 0.05) is 6.20 Å². The van der Waals surface area contributed by atoms with E-state index in [0.29, 0.717) is 23.8 Å². The zero-order chi connectivity index (χ0) is 10.6. The molecular formula is C10H15N3O. The van der Waals surface area contributed by atoms with Gasteiger partial charge in [-0.25, -0.2) is 0 Å². The molecule has 0 spiro atoms. The summed E-state index contributed by atoms with van der Waals surface area (Å²) >= 11 is 0. The van der Waals surface area contributed by atoms with Crippen molar-refractivity contribution in [1.82, 2.24) is 4.98 Å². The number of ether oxygens (including phenoxy) is 1. The fourth-order valence-corrected chi connectivity index (χ4v) is 0.974. The molecule has 4 heteroatoms. The maximum absolute atomic E-state index is 7.33. The highest BCUT2D eigenvalue weighted by molar-refractivity contribution is 5.97. The van der Waals surface area contributed by atoms with E-state index >= 15 is 0 Å². The molecule has 3 N–H and O–H groups in total. The normalized spacial score (nSPS) is 10.2. The van der Waals surface area contributed by atoms with E-state index in [1.807, 2.05) is 0 Å². The van der Waals surface area contributed by atoms with Crippen molar-refractivity contribution in [3.8, 4) is 5.75 Å². The first-order chi connectivity index (χ1) is 6.61. The van der Waals surface area contributed by atoms with Crippen LogP contribution >= 0.6 is 0 Å². The molecule has 0 amide bonds. The molecule has 4 nitrogen and oxygen atoms in total. The van der Waals surface area contributed by atoms with Crippen LogP contribution in [0.3, 0.4) is 0 Å². The number of aromatic nitrogens is 1. The van der Waals surface area contributed by atoms with Gasteiger partial charge in [0.2, 0.25) is 0 Å². The maximum Gasteiger partial charge on any atom is 0.148 e. The van der Waals surface area contributed by atoms with Gasteiger partial charge in [0.25, 0.3) is 0 Å². The zero-order valence-corrected chi connectivity index (χ0v) is 8.45. The number of pyridine rings is 1. The minimum absolute atomic E-state index is 0.00570. The number of rotatable bonds is 4. The summed E-state index contributed by atoms with van der Waals surface area (Å²) < 4.78 is 5.48. The predicted octanol–water partition coefficient (Wildman–Crippen LogP) is 1.40. The molecule has 1 rings (SSSR count). The molecule has 0 radical (unpaired) electrons. The zero-order valence-electron chi connectivity index (χ0n) is 8.45. The van der Waals surface area contributed by atoms with Crippen LogP contribution in [0.2, 0.25) is 0 Å². The van der Waals surface area contributed by atoms with Crippen LogP contribution in [0.15, 0.2) is 18.5 Å².